The van der Waals surface area contributed by atoms with Crippen molar-refractivity contribution in [1.29, 1.82) is 0 Å². The number of rotatable bonds is 4. The second-order valence-electron chi connectivity index (χ2n) is 5.48. The minimum Gasteiger partial charge on any atom is -0.550 e. The molecule has 102 valence electrons. The maximum absolute atomic E-state index is 11.8. The first kappa shape index (κ1) is 13.6. The molecule has 1 aromatic carbocycles. The lowest BCUT2D eigenvalue weighted by Gasteiger charge is -2.12. The van der Waals surface area contributed by atoms with Crippen LogP contribution in [0.1, 0.15) is 37.3 Å². The van der Waals surface area contributed by atoms with Gasteiger partial charge in [-0.1, -0.05) is 19.9 Å². The minimum atomic E-state index is -1.13. The van der Waals surface area contributed by atoms with E-state index in [9.17, 15) is 14.7 Å². The van der Waals surface area contributed by atoms with Crippen molar-refractivity contribution in [3.05, 3.63) is 29.3 Å². The molecule has 1 fully saturated rings. The van der Waals surface area contributed by atoms with Crippen molar-refractivity contribution in [2.45, 2.75) is 33.1 Å². The molecule has 4 heteroatoms. The lowest BCUT2D eigenvalue weighted by Crippen LogP contribution is -2.27. The van der Waals surface area contributed by atoms with Gasteiger partial charge in [0.2, 0.25) is 5.91 Å². The number of hydrogen-bond acceptors (Lipinski definition) is 3. The van der Waals surface area contributed by atoms with E-state index < -0.39 is 17.8 Å². The summed E-state index contributed by atoms with van der Waals surface area (Å²) in [4.78, 5) is 22.4. The summed E-state index contributed by atoms with van der Waals surface area (Å²) in [7, 11) is 0. The first-order chi connectivity index (χ1) is 8.90. The van der Waals surface area contributed by atoms with Gasteiger partial charge in [-0.3, -0.25) is 4.79 Å². The summed E-state index contributed by atoms with van der Waals surface area (Å²) < 4.78 is 0. The number of carbonyl (C=O) groups is 2. The first-order valence-electron chi connectivity index (χ1n) is 6.52. The number of carboxylic acid groups (broad SMARTS) is 1. The van der Waals surface area contributed by atoms with Crippen LogP contribution in [-0.2, 0) is 9.59 Å². The maximum Gasteiger partial charge on any atom is 0.228 e. The van der Waals surface area contributed by atoms with E-state index >= 15 is 0 Å². The standard InChI is InChI=1S/C15H19NO3/c1-8(2)11-5-4-10(6-9(11)3)16-14(17)12-7-13(12)15(18)19/h4-6,8,12-13H,7H2,1-3H3,(H,16,17)(H,18,19)/p-1/t12-,13-/m1/s1. The summed E-state index contributed by atoms with van der Waals surface area (Å²) >= 11 is 0. The van der Waals surface area contributed by atoms with E-state index in [0.29, 0.717) is 12.3 Å². The van der Waals surface area contributed by atoms with Crippen LogP contribution in [0.5, 0.6) is 0 Å². The lowest BCUT2D eigenvalue weighted by atomic mass is 9.97. The molecule has 0 unspecified atom stereocenters. The van der Waals surface area contributed by atoms with Crippen LogP contribution in [0.15, 0.2) is 18.2 Å². The number of hydrogen-bond donors (Lipinski definition) is 1. The number of aliphatic carboxylic acids is 1. The van der Waals surface area contributed by atoms with Crippen LogP contribution in [0.2, 0.25) is 0 Å². The van der Waals surface area contributed by atoms with Gasteiger partial charge in [0, 0.05) is 23.5 Å². The highest BCUT2D eigenvalue weighted by Gasteiger charge is 2.43. The molecule has 1 amide bonds. The number of benzene rings is 1. The highest BCUT2D eigenvalue weighted by molar-refractivity contribution is 5.98. The predicted molar refractivity (Wildman–Crippen MR) is 70.5 cm³/mol. The van der Waals surface area contributed by atoms with E-state index in [2.05, 4.69) is 19.2 Å². The molecule has 2 rings (SSSR count). The third-order valence-corrected chi connectivity index (χ3v) is 3.59. The smallest absolute Gasteiger partial charge is 0.228 e. The Labute approximate surface area is 112 Å². The fourth-order valence-electron chi connectivity index (χ4n) is 2.38. The van der Waals surface area contributed by atoms with Gasteiger partial charge >= 0.3 is 0 Å². The summed E-state index contributed by atoms with van der Waals surface area (Å²) in [5.74, 6) is -1.97. The van der Waals surface area contributed by atoms with Gasteiger partial charge in [-0.05, 0) is 42.5 Å². The van der Waals surface area contributed by atoms with E-state index in [1.54, 1.807) is 0 Å². The summed E-state index contributed by atoms with van der Waals surface area (Å²) in [5.41, 5.74) is 3.09. The molecule has 0 bridgehead atoms. The number of aryl methyl sites for hydroxylation is 1. The zero-order valence-corrected chi connectivity index (χ0v) is 11.4. The average Bonchev–Trinajstić information content (AvgIpc) is 3.08. The number of amides is 1. The summed E-state index contributed by atoms with van der Waals surface area (Å²) in [6.45, 7) is 6.25. The normalized spacial score (nSPS) is 21.3. The Morgan fingerprint density at radius 2 is 2.00 bits per heavy atom. The molecule has 1 saturated carbocycles. The first-order valence-corrected chi connectivity index (χ1v) is 6.52. The Hall–Kier alpha value is -1.84. The number of nitrogens with one attached hydrogen (secondary N) is 1. The molecule has 1 aromatic rings. The molecule has 4 nitrogen and oxygen atoms in total. The molecule has 0 aromatic heterocycles. The van der Waals surface area contributed by atoms with Crippen molar-refractivity contribution < 1.29 is 14.7 Å². The zero-order chi connectivity index (χ0) is 14.2. The van der Waals surface area contributed by atoms with Crippen LogP contribution in [0.3, 0.4) is 0 Å². The fraction of sp³-hybridized carbons (Fsp3) is 0.467. The number of carbonyl (C=O) groups excluding carboxylic acids is 2. The Kier molecular flexibility index (Phi) is 3.60. The van der Waals surface area contributed by atoms with E-state index in [1.807, 2.05) is 25.1 Å². The fourth-order valence-corrected chi connectivity index (χ4v) is 2.38. The van der Waals surface area contributed by atoms with Crippen molar-refractivity contribution in [1.82, 2.24) is 0 Å². The van der Waals surface area contributed by atoms with Crippen LogP contribution in [0, 0.1) is 18.8 Å². The molecule has 1 aliphatic rings. The molecule has 2 atom stereocenters. The van der Waals surface area contributed by atoms with Crippen LogP contribution in [-0.4, -0.2) is 11.9 Å². The zero-order valence-electron chi connectivity index (χ0n) is 11.4. The highest BCUT2D eigenvalue weighted by Crippen LogP contribution is 2.38. The Morgan fingerprint density at radius 3 is 2.47 bits per heavy atom. The Balaban J connectivity index is 2.02. The topological polar surface area (TPSA) is 69.2 Å². The second kappa shape index (κ2) is 5.03. The highest BCUT2D eigenvalue weighted by atomic mass is 16.4. The molecule has 19 heavy (non-hydrogen) atoms. The van der Waals surface area contributed by atoms with Gasteiger partial charge in [-0.2, -0.15) is 0 Å². The largest absolute Gasteiger partial charge is 0.550 e. The molecule has 0 spiro atoms. The molecule has 0 radical (unpaired) electrons. The second-order valence-corrected chi connectivity index (χ2v) is 5.48. The van der Waals surface area contributed by atoms with Gasteiger partial charge in [-0.25, -0.2) is 0 Å². The quantitative estimate of drug-likeness (QED) is 0.890. The predicted octanol–water partition coefficient (Wildman–Crippen LogP) is 1.44. The third-order valence-electron chi connectivity index (χ3n) is 3.59. The van der Waals surface area contributed by atoms with Crippen molar-refractivity contribution in [2.75, 3.05) is 5.32 Å². The molecule has 0 saturated heterocycles. The number of carboxylic acids is 1. The lowest BCUT2D eigenvalue weighted by molar-refractivity contribution is -0.308. The van der Waals surface area contributed by atoms with Crippen LogP contribution < -0.4 is 10.4 Å². The molecule has 1 N–H and O–H groups in total. The molecular formula is C15H18NO3-. The molecule has 0 heterocycles. The van der Waals surface area contributed by atoms with E-state index in [0.717, 1.165) is 11.3 Å². The van der Waals surface area contributed by atoms with E-state index in [4.69, 9.17) is 0 Å². The van der Waals surface area contributed by atoms with Crippen LogP contribution in [0.25, 0.3) is 0 Å². The van der Waals surface area contributed by atoms with E-state index in [1.165, 1.54) is 5.56 Å². The van der Waals surface area contributed by atoms with Crippen molar-refractivity contribution in [3.63, 3.8) is 0 Å². The summed E-state index contributed by atoms with van der Waals surface area (Å²) in [6, 6.07) is 5.78. The number of anilines is 1. The van der Waals surface area contributed by atoms with Gasteiger partial charge in [0.25, 0.3) is 0 Å². The molecular weight excluding hydrogens is 242 g/mol. The Bertz CT molecular complexity index is 522. The summed E-state index contributed by atoms with van der Waals surface area (Å²) in [6.07, 6.45) is 0.386. The average molecular weight is 260 g/mol. The Morgan fingerprint density at radius 1 is 1.32 bits per heavy atom. The SMILES string of the molecule is Cc1cc(NC(=O)[C@@H]2C[C@H]2C(=O)[O-])ccc1C(C)C. The summed E-state index contributed by atoms with van der Waals surface area (Å²) in [5, 5.41) is 13.4. The minimum absolute atomic E-state index is 0.231. The maximum atomic E-state index is 11.8. The van der Waals surface area contributed by atoms with Gasteiger partial charge in [0.15, 0.2) is 0 Å². The third kappa shape index (κ3) is 2.95. The van der Waals surface area contributed by atoms with Crippen molar-refractivity contribution in [2.24, 2.45) is 11.8 Å². The van der Waals surface area contributed by atoms with Gasteiger partial charge in [0.05, 0.1) is 0 Å². The van der Waals surface area contributed by atoms with Crippen LogP contribution in [0.4, 0.5) is 5.69 Å². The monoisotopic (exact) mass is 260 g/mol. The molecule has 1 aliphatic carbocycles. The van der Waals surface area contributed by atoms with Gasteiger partial charge in [-0.15, -0.1) is 0 Å². The molecule has 0 aliphatic heterocycles. The van der Waals surface area contributed by atoms with Crippen molar-refractivity contribution in [3.8, 4) is 0 Å². The van der Waals surface area contributed by atoms with Crippen LogP contribution >= 0.6 is 0 Å². The van der Waals surface area contributed by atoms with Gasteiger partial charge < -0.3 is 15.2 Å². The van der Waals surface area contributed by atoms with E-state index in [-0.39, 0.29) is 5.91 Å². The van der Waals surface area contributed by atoms with Gasteiger partial charge in [0.1, 0.15) is 0 Å². The van der Waals surface area contributed by atoms with Crippen molar-refractivity contribution >= 4 is 17.6 Å².